The second-order valence-electron chi connectivity index (χ2n) is 12.7. The van der Waals surface area contributed by atoms with Gasteiger partial charge in [-0.2, -0.15) is 0 Å². The van der Waals surface area contributed by atoms with E-state index in [0.717, 1.165) is 44.3 Å². The van der Waals surface area contributed by atoms with Crippen molar-refractivity contribution in [3.05, 3.63) is 175 Å². The van der Waals surface area contributed by atoms with Crippen LogP contribution in [0.1, 0.15) is 17.3 Å². The summed E-state index contributed by atoms with van der Waals surface area (Å²) in [5, 5.41) is 7.15. The molecule has 10 rings (SSSR count). The van der Waals surface area contributed by atoms with Crippen molar-refractivity contribution in [3.8, 4) is 39.7 Å². The molecule has 1 aliphatic heterocycles. The van der Waals surface area contributed by atoms with Crippen LogP contribution in [0.3, 0.4) is 0 Å². The van der Waals surface area contributed by atoms with E-state index in [1.54, 1.807) is 0 Å². The van der Waals surface area contributed by atoms with Crippen molar-refractivity contribution in [1.29, 1.82) is 0 Å². The molecule has 1 aromatic heterocycles. The SMILES string of the molecule is C1=CC2Oc3cccc(-c4ccccc4)c3C2C(c2nc(-c3ccc4ccccc4c3)nc(-c3ccc4c(ccc5ccccc54)c3)n2)=C1. The highest BCUT2D eigenvalue weighted by atomic mass is 16.5. The molecule has 0 fully saturated rings. The Labute approximate surface area is 283 Å². The topological polar surface area (TPSA) is 47.9 Å². The molecule has 7 aromatic carbocycles. The third-order valence-corrected chi connectivity index (χ3v) is 9.87. The van der Waals surface area contributed by atoms with Gasteiger partial charge in [-0.1, -0.05) is 140 Å². The number of allylic oxidation sites excluding steroid dienone is 2. The fourth-order valence-corrected chi connectivity index (χ4v) is 7.53. The van der Waals surface area contributed by atoms with E-state index >= 15 is 0 Å². The van der Waals surface area contributed by atoms with E-state index in [4.69, 9.17) is 19.7 Å². The number of hydrogen-bond donors (Lipinski definition) is 0. The Hall–Kier alpha value is -6.39. The summed E-state index contributed by atoms with van der Waals surface area (Å²) >= 11 is 0. The zero-order valence-corrected chi connectivity index (χ0v) is 26.5. The summed E-state index contributed by atoms with van der Waals surface area (Å²) in [7, 11) is 0. The van der Waals surface area contributed by atoms with E-state index in [2.05, 4.69) is 164 Å². The fraction of sp³-hybridized carbons (Fsp3) is 0.0444. The van der Waals surface area contributed by atoms with Crippen LogP contribution < -0.4 is 4.74 Å². The molecule has 0 saturated heterocycles. The van der Waals surface area contributed by atoms with Gasteiger partial charge in [0.15, 0.2) is 17.5 Å². The first kappa shape index (κ1) is 27.7. The highest BCUT2D eigenvalue weighted by Crippen LogP contribution is 2.51. The van der Waals surface area contributed by atoms with Gasteiger partial charge in [0.1, 0.15) is 11.9 Å². The maximum atomic E-state index is 6.59. The Morgan fingerprint density at radius 3 is 1.98 bits per heavy atom. The van der Waals surface area contributed by atoms with Crippen LogP contribution in [-0.4, -0.2) is 21.1 Å². The van der Waals surface area contributed by atoms with Gasteiger partial charge in [0.2, 0.25) is 0 Å². The van der Waals surface area contributed by atoms with Crippen LogP contribution in [0.5, 0.6) is 5.75 Å². The van der Waals surface area contributed by atoms with Gasteiger partial charge < -0.3 is 4.74 Å². The summed E-state index contributed by atoms with van der Waals surface area (Å²) in [6, 6.07) is 51.1. The lowest BCUT2D eigenvalue weighted by molar-refractivity contribution is 0.271. The predicted molar refractivity (Wildman–Crippen MR) is 199 cm³/mol. The van der Waals surface area contributed by atoms with Gasteiger partial charge in [-0.05, 0) is 67.7 Å². The van der Waals surface area contributed by atoms with Gasteiger partial charge in [-0.25, -0.2) is 15.0 Å². The fourth-order valence-electron chi connectivity index (χ4n) is 7.53. The molecule has 2 atom stereocenters. The second-order valence-corrected chi connectivity index (χ2v) is 12.7. The van der Waals surface area contributed by atoms with Gasteiger partial charge in [0.05, 0.1) is 5.92 Å². The lowest BCUT2D eigenvalue weighted by Gasteiger charge is -2.23. The number of ether oxygens (including phenoxy) is 1. The summed E-state index contributed by atoms with van der Waals surface area (Å²) < 4.78 is 6.59. The van der Waals surface area contributed by atoms with E-state index in [9.17, 15) is 0 Å². The molecule has 0 saturated carbocycles. The van der Waals surface area contributed by atoms with E-state index in [1.807, 2.05) is 0 Å². The molecule has 49 heavy (non-hydrogen) atoms. The Balaban J connectivity index is 1.17. The third-order valence-electron chi connectivity index (χ3n) is 9.87. The first-order chi connectivity index (χ1) is 24.3. The van der Waals surface area contributed by atoms with Crippen LogP contribution in [-0.2, 0) is 0 Å². The maximum Gasteiger partial charge on any atom is 0.164 e. The molecule has 0 spiro atoms. The van der Waals surface area contributed by atoms with Crippen molar-refractivity contribution in [2.45, 2.75) is 12.0 Å². The Morgan fingerprint density at radius 1 is 0.469 bits per heavy atom. The summed E-state index contributed by atoms with van der Waals surface area (Å²) in [5.41, 5.74) is 6.41. The van der Waals surface area contributed by atoms with Crippen molar-refractivity contribution < 1.29 is 4.74 Å². The number of benzene rings is 7. The molecule has 2 unspecified atom stereocenters. The van der Waals surface area contributed by atoms with E-state index in [-0.39, 0.29) is 12.0 Å². The molecule has 2 aliphatic rings. The van der Waals surface area contributed by atoms with Crippen LogP contribution in [0.15, 0.2) is 164 Å². The predicted octanol–water partition coefficient (Wildman–Crippen LogP) is 10.8. The lowest BCUT2D eigenvalue weighted by atomic mass is 9.81. The summed E-state index contributed by atoms with van der Waals surface area (Å²) in [6.45, 7) is 0. The van der Waals surface area contributed by atoms with Crippen molar-refractivity contribution in [2.75, 3.05) is 0 Å². The largest absolute Gasteiger partial charge is 0.485 e. The Kier molecular flexibility index (Phi) is 6.28. The van der Waals surface area contributed by atoms with Crippen molar-refractivity contribution >= 4 is 37.9 Å². The van der Waals surface area contributed by atoms with Gasteiger partial charge in [0, 0.05) is 22.3 Å². The third kappa shape index (κ3) is 4.64. The molecule has 2 heterocycles. The Bertz CT molecular complexity index is 2660. The zero-order chi connectivity index (χ0) is 32.3. The van der Waals surface area contributed by atoms with Crippen LogP contribution in [0.2, 0.25) is 0 Å². The standard InChI is InChI=1S/C45H29N3O/c1-2-11-29(12-3-1)37-16-8-18-39-41(37)42-38(17-9-19-40(42)49-39)45-47-43(33-23-20-28-10-4-5-14-31(28)26-33)46-44(48-45)34-24-25-36-32(27-34)22-21-30-13-6-7-15-35(30)36/h1-27,40,42H. The van der Waals surface area contributed by atoms with Crippen molar-refractivity contribution in [2.24, 2.45) is 0 Å². The van der Waals surface area contributed by atoms with E-state index < -0.39 is 0 Å². The van der Waals surface area contributed by atoms with Gasteiger partial charge >= 0.3 is 0 Å². The first-order valence-electron chi connectivity index (χ1n) is 16.7. The monoisotopic (exact) mass is 627 g/mol. The minimum absolute atomic E-state index is 0.0703. The van der Waals surface area contributed by atoms with E-state index in [1.165, 1.54) is 27.1 Å². The molecule has 0 bridgehead atoms. The summed E-state index contributed by atoms with van der Waals surface area (Å²) in [6.07, 6.45) is 6.21. The second kappa shape index (κ2) is 11.1. The highest BCUT2D eigenvalue weighted by Gasteiger charge is 2.40. The van der Waals surface area contributed by atoms with Gasteiger partial charge in [0.25, 0.3) is 0 Å². The highest BCUT2D eigenvalue weighted by molar-refractivity contribution is 6.08. The minimum Gasteiger partial charge on any atom is -0.485 e. The molecule has 8 aromatic rings. The smallest absolute Gasteiger partial charge is 0.164 e. The van der Waals surface area contributed by atoms with E-state index in [0.29, 0.717) is 17.5 Å². The lowest BCUT2D eigenvalue weighted by Crippen LogP contribution is -2.21. The molecule has 4 heteroatoms. The van der Waals surface area contributed by atoms with Crippen LogP contribution >= 0.6 is 0 Å². The number of rotatable bonds is 4. The van der Waals surface area contributed by atoms with Crippen molar-refractivity contribution in [1.82, 2.24) is 15.0 Å². The molecular weight excluding hydrogens is 599 g/mol. The normalized spacial score (nSPS) is 16.4. The van der Waals surface area contributed by atoms with Gasteiger partial charge in [-0.15, -0.1) is 0 Å². The molecule has 4 nitrogen and oxygen atoms in total. The molecule has 1 aliphatic carbocycles. The zero-order valence-electron chi connectivity index (χ0n) is 26.5. The van der Waals surface area contributed by atoms with Crippen LogP contribution in [0.4, 0.5) is 0 Å². The average Bonchev–Trinajstić information content (AvgIpc) is 3.57. The maximum absolute atomic E-state index is 6.59. The summed E-state index contributed by atoms with van der Waals surface area (Å²) in [5.74, 6) is 2.78. The van der Waals surface area contributed by atoms with Gasteiger partial charge in [-0.3, -0.25) is 0 Å². The quantitative estimate of drug-likeness (QED) is 0.182. The number of fused-ring (bicyclic) bond motifs is 7. The number of nitrogens with zero attached hydrogens (tertiary/aromatic N) is 3. The molecule has 230 valence electrons. The molecular formula is C45H29N3O. The summed E-state index contributed by atoms with van der Waals surface area (Å²) in [4.78, 5) is 15.6. The average molecular weight is 628 g/mol. The molecule has 0 amide bonds. The van der Waals surface area contributed by atoms with Crippen LogP contribution in [0, 0.1) is 0 Å². The number of aromatic nitrogens is 3. The molecule has 0 N–H and O–H groups in total. The van der Waals surface area contributed by atoms with Crippen molar-refractivity contribution in [3.63, 3.8) is 0 Å². The first-order valence-corrected chi connectivity index (χ1v) is 16.7. The van der Waals surface area contributed by atoms with Crippen LogP contribution in [0.25, 0.3) is 71.8 Å². The minimum atomic E-state index is -0.154. The number of hydrogen-bond acceptors (Lipinski definition) is 4. The molecule has 0 radical (unpaired) electrons. The Morgan fingerprint density at radius 2 is 1.12 bits per heavy atom.